The molecule has 10 heavy (non-hydrogen) atoms. The third-order valence-corrected chi connectivity index (χ3v) is 9.37. The van der Waals surface area contributed by atoms with Gasteiger partial charge >= 0.3 is 0 Å². The van der Waals surface area contributed by atoms with Crippen LogP contribution in [0, 0.1) is 39.9 Å². The molecule has 0 spiro atoms. The summed E-state index contributed by atoms with van der Waals surface area (Å²) in [6, 6.07) is 0. The van der Waals surface area contributed by atoms with E-state index in [-0.39, 0.29) is 39.9 Å². The van der Waals surface area contributed by atoms with Gasteiger partial charge in [-0.2, -0.15) is 0 Å². The average Bonchev–Trinajstić information content (AvgIpc) is 1.62. The molecule has 0 aliphatic rings. The first kappa shape index (κ1) is 14.3. The standard InChI is InChI=1S/C6H19NSi2.Gd/c1-7(8(2)3)9(4,5)6;/h8H,1-6H3;. The fourth-order valence-electron chi connectivity index (χ4n) is 0.775. The van der Waals surface area contributed by atoms with Crippen LogP contribution in [0.15, 0.2) is 0 Å². The molecule has 0 atom stereocenters. The third-order valence-electron chi connectivity index (χ3n) is 1.83. The minimum absolute atomic E-state index is 0. The monoisotopic (exact) mass is 319 g/mol. The van der Waals surface area contributed by atoms with Crippen molar-refractivity contribution in [2.75, 3.05) is 7.05 Å². The van der Waals surface area contributed by atoms with Crippen LogP contribution in [-0.2, 0) is 0 Å². The van der Waals surface area contributed by atoms with Crippen LogP contribution >= 0.6 is 0 Å². The molecule has 0 saturated heterocycles. The van der Waals surface area contributed by atoms with Gasteiger partial charge < -0.3 is 4.23 Å². The van der Waals surface area contributed by atoms with E-state index < -0.39 is 17.2 Å². The van der Waals surface area contributed by atoms with Crippen LogP contribution in [0.5, 0.6) is 0 Å². The van der Waals surface area contributed by atoms with E-state index in [0.29, 0.717) is 0 Å². The molecular formula is C6H19GdNSi2. The van der Waals surface area contributed by atoms with Gasteiger partial charge in [0.2, 0.25) is 0 Å². The van der Waals surface area contributed by atoms with Gasteiger partial charge in [0.1, 0.15) is 8.24 Å². The molecule has 0 rings (SSSR count). The Balaban J connectivity index is 0. The summed E-state index contributed by atoms with van der Waals surface area (Å²) in [7, 11) is 0.858. The second-order valence-electron chi connectivity index (χ2n) is 3.88. The van der Waals surface area contributed by atoms with Gasteiger partial charge in [0.15, 0.2) is 0 Å². The zero-order valence-corrected chi connectivity index (χ0v) is 12.3. The summed E-state index contributed by atoms with van der Waals surface area (Å²) < 4.78 is 2.63. The van der Waals surface area contributed by atoms with E-state index in [1.54, 1.807) is 0 Å². The number of nitrogens with zero attached hydrogens (tertiary/aromatic N) is 1. The van der Waals surface area contributed by atoms with Crippen molar-refractivity contribution >= 4 is 17.2 Å². The third kappa shape index (κ3) is 5.38. The second kappa shape index (κ2) is 5.38. The SMILES string of the molecule is CN([SiH](C)C)[Si](C)(C)C.[Gd]. The smallest absolute Gasteiger partial charge is 0.111 e. The van der Waals surface area contributed by atoms with Crippen LogP contribution in [0.1, 0.15) is 0 Å². The van der Waals surface area contributed by atoms with Gasteiger partial charge in [0.05, 0.1) is 8.96 Å². The van der Waals surface area contributed by atoms with Crippen LogP contribution in [0.4, 0.5) is 0 Å². The molecule has 0 saturated carbocycles. The van der Waals surface area contributed by atoms with Gasteiger partial charge in [-0.05, 0) is 7.05 Å². The second-order valence-corrected chi connectivity index (χ2v) is 12.4. The van der Waals surface area contributed by atoms with Crippen molar-refractivity contribution in [3.05, 3.63) is 0 Å². The van der Waals surface area contributed by atoms with E-state index >= 15 is 0 Å². The molecule has 64 valence electrons. The Bertz CT molecular complexity index is 90.2. The predicted octanol–water partition coefficient (Wildman–Crippen LogP) is 1.74. The molecule has 0 amide bonds. The first-order valence-corrected chi connectivity index (χ1v) is 9.86. The molecule has 1 nitrogen and oxygen atoms in total. The minimum atomic E-state index is -0.929. The Labute approximate surface area is 100 Å². The Morgan fingerprint density at radius 2 is 1.40 bits per heavy atom. The van der Waals surface area contributed by atoms with Gasteiger partial charge in [-0.15, -0.1) is 0 Å². The molecule has 0 heterocycles. The molecule has 0 unspecified atom stereocenters. The van der Waals surface area contributed by atoms with E-state index in [9.17, 15) is 0 Å². The molecule has 0 N–H and O–H groups in total. The summed E-state index contributed by atoms with van der Waals surface area (Å²) in [5.74, 6) is 0. The normalized spacial score (nSPS) is 12.0. The van der Waals surface area contributed by atoms with Crippen LogP contribution < -0.4 is 0 Å². The Morgan fingerprint density at radius 1 is 1.10 bits per heavy atom. The van der Waals surface area contributed by atoms with Crippen LogP contribution in [-0.4, -0.2) is 28.5 Å². The van der Waals surface area contributed by atoms with Crippen LogP contribution in [0.25, 0.3) is 0 Å². The van der Waals surface area contributed by atoms with Gasteiger partial charge in [0, 0.05) is 39.9 Å². The number of rotatable bonds is 2. The maximum absolute atomic E-state index is 2.63. The first-order valence-electron chi connectivity index (χ1n) is 3.58. The quantitative estimate of drug-likeness (QED) is 0.701. The molecule has 0 bridgehead atoms. The van der Waals surface area contributed by atoms with E-state index in [1.165, 1.54) is 0 Å². The summed E-state index contributed by atoms with van der Waals surface area (Å²) >= 11 is 0. The molecule has 0 aliphatic heterocycles. The zero-order valence-electron chi connectivity index (χ0n) is 7.88. The molecule has 4 heteroatoms. The molecule has 0 aliphatic carbocycles. The molecule has 0 fully saturated rings. The Kier molecular flexibility index (Phi) is 7.67. The molecular weight excluding hydrogens is 299 g/mol. The minimum Gasteiger partial charge on any atom is -0.351 e. The first-order chi connectivity index (χ1) is 3.85. The van der Waals surface area contributed by atoms with Gasteiger partial charge in [-0.1, -0.05) is 32.7 Å². The number of hydrogen-bond acceptors (Lipinski definition) is 1. The Hall–Kier alpha value is 1.72. The fourth-order valence-corrected chi connectivity index (χ4v) is 6.97. The van der Waals surface area contributed by atoms with Gasteiger partial charge in [-0.25, -0.2) is 0 Å². The van der Waals surface area contributed by atoms with Crippen molar-refractivity contribution in [3.63, 3.8) is 0 Å². The van der Waals surface area contributed by atoms with Crippen molar-refractivity contribution < 1.29 is 39.9 Å². The topological polar surface area (TPSA) is 3.24 Å². The zero-order chi connectivity index (χ0) is 7.65. The molecule has 0 aromatic carbocycles. The van der Waals surface area contributed by atoms with Crippen molar-refractivity contribution in [1.82, 2.24) is 4.23 Å². The van der Waals surface area contributed by atoms with Crippen molar-refractivity contribution in [1.29, 1.82) is 0 Å². The van der Waals surface area contributed by atoms with E-state index in [4.69, 9.17) is 0 Å². The summed E-state index contributed by atoms with van der Waals surface area (Å²) in [5, 5.41) is 0. The Morgan fingerprint density at radius 3 is 1.40 bits per heavy atom. The fraction of sp³-hybridized carbons (Fsp3) is 1.00. The van der Waals surface area contributed by atoms with E-state index in [1.807, 2.05) is 0 Å². The summed E-state index contributed by atoms with van der Waals surface area (Å²) in [5.41, 5.74) is 0. The largest absolute Gasteiger partial charge is 0.351 e. The molecule has 0 radical (unpaired) electrons. The van der Waals surface area contributed by atoms with Crippen molar-refractivity contribution in [2.24, 2.45) is 0 Å². The maximum atomic E-state index is 2.63. The summed E-state index contributed by atoms with van der Waals surface area (Å²) in [6.45, 7) is 12.0. The van der Waals surface area contributed by atoms with Crippen molar-refractivity contribution in [2.45, 2.75) is 32.7 Å². The van der Waals surface area contributed by atoms with Crippen LogP contribution in [0.2, 0.25) is 32.7 Å². The van der Waals surface area contributed by atoms with E-state index in [2.05, 4.69) is 44.0 Å². The summed E-state index contributed by atoms with van der Waals surface area (Å²) in [4.78, 5) is 0. The average molecular weight is 319 g/mol. The van der Waals surface area contributed by atoms with Gasteiger partial charge in [0.25, 0.3) is 0 Å². The van der Waals surface area contributed by atoms with Gasteiger partial charge in [-0.3, -0.25) is 0 Å². The maximum Gasteiger partial charge on any atom is 0.111 e. The van der Waals surface area contributed by atoms with Crippen LogP contribution in [0.3, 0.4) is 0 Å². The summed E-state index contributed by atoms with van der Waals surface area (Å²) in [6.07, 6.45) is 0. The molecule has 0 aromatic rings. The molecule has 0 aromatic heterocycles. The predicted molar refractivity (Wildman–Crippen MR) is 50.0 cm³/mol. The number of hydrogen-bond donors (Lipinski definition) is 0. The van der Waals surface area contributed by atoms with E-state index in [0.717, 1.165) is 0 Å². The van der Waals surface area contributed by atoms with Crippen molar-refractivity contribution in [3.8, 4) is 0 Å².